The van der Waals surface area contributed by atoms with Crippen LogP contribution in [0.2, 0.25) is 10.0 Å². The molecule has 2 aliphatic carbocycles. The molecule has 2 saturated heterocycles. The van der Waals surface area contributed by atoms with Crippen LogP contribution in [-0.2, 0) is 30.8 Å². The van der Waals surface area contributed by atoms with Gasteiger partial charge in [-0.15, -0.1) is 0 Å². The van der Waals surface area contributed by atoms with Crippen molar-refractivity contribution in [3.05, 3.63) is 117 Å². The molecular formula is C41H33Cl2F3N4O7. The summed E-state index contributed by atoms with van der Waals surface area (Å²) in [5.74, 6) is -8.36. The molecule has 3 aromatic carbocycles. The van der Waals surface area contributed by atoms with Gasteiger partial charge in [-0.1, -0.05) is 71.2 Å². The zero-order valence-corrected chi connectivity index (χ0v) is 32.0. The maximum atomic E-state index is 15.5. The van der Waals surface area contributed by atoms with Crippen LogP contribution in [0.25, 0.3) is 0 Å². The number of benzene rings is 3. The molecule has 3 heterocycles. The third-order valence-electron chi connectivity index (χ3n) is 11.7. The second kappa shape index (κ2) is 13.8. The van der Waals surface area contributed by atoms with Crippen molar-refractivity contribution in [2.45, 2.75) is 30.4 Å². The number of rotatable bonds is 7. The third kappa shape index (κ3) is 5.66. The molecule has 4 aromatic rings. The number of hydrazine groups is 1. The highest BCUT2D eigenvalue weighted by Crippen LogP contribution is 2.66. The van der Waals surface area contributed by atoms with Crippen LogP contribution in [0.15, 0.2) is 90.5 Å². The second-order valence-corrected chi connectivity index (χ2v) is 15.2. The molecular weight excluding hydrogens is 788 g/mol. The van der Waals surface area contributed by atoms with Gasteiger partial charge in [0.05, 0.1) is 48.1 Å². The molecule has 4 aliphatic rings. The van der Waals surface area contributed by atoms with E-state index < -0.39 is 76.3 Å². The van der Waals surface area contributed by atoms with Gasteiger partial charge >= 0.3 is 6.18 Å². The first-order valence-corrected chi connectivity index (χ1v) is 18.6. The van der Waals surface area contributed by atoms with Crippen molar-refractivity contribution < 1.29 is 46.9 Å². The predicted molar refractivity (Wildman–Crippen MR) is 202 cm³/mol. The number of halogens is 5. The molecule has 1 N–H and O–H groups in total. The molecule has 8 rings (SSSR count). The van der Waals surface area contributed by atoms with Gasteiger partial charge < -0.3 is 14.6 Å². The monoisotopic (exact) mass is 820 g/mol. The Balaban J connectivity index is 1.34. The minimum absolute atomic E-state index is 0.0133. The first-order chi connectivity index (χ1) is 27.1. The van der Waals surface area contributed by atoms with Crippen molar-refractivity contribution in [2.75, 3.05) is 31.2 Å². The normalized spacial score (nSPS) is 25.5. The minimum Gasteiger partial charge on any atom is -0.507 e. The van der Waals surface area contributed by atoms with Crippen molar-refractivity contribution in [1.29, 1.82) is 0 Å². The number of pyridine rings is 1. The second-order valence-electron chi connectivity index (χ2n) is 14.4. The Kier molecular flexibility index (Phi) is 9.27. The summed E-state index contributed by atoms with van der Waals surface area (Å²) in [5.41, 5.74) is -1.67. The molecule has 1 aromatic heterocycles. The van der Waals surface area contributed by atoms with Crippen molar-refractivity contribution in [1.82, 2.24) is 9.99 Å². The number of allylic oxidation sites excluding steroid dienone is 2. The number of phenols is 1. The summed E-state index contributed by atoms with van der Waals surface area (Å²) in [6.07, 6.45) is -3.17. The number of ether oxygens (including phenoxy) is 2. The van der Waals surface area contributed by atoms with E-state index in [1.165, 1.54) is 33.4 Å². The lowest BCUT2D eigenvalue weighted by molar-refractivity contribution is -0.141. The molecule has 6 atom stereocenters. The van der Waals surface area contributed by atoms with Crippen LogP contribution in [0, 0.1) is 23.7 Å². The standard InChI is InChI=1S/C41H33Cl2F3N4O7/c1-48(35-28(43)14-15-31(47-35)41(44,45)46)50-36(52)25-13-12-24-26(32(25)38(50)54)19-27-37(53)49(22-11-7-10-21(42)16-22)39(55)40(27,20-8-5-4-6-9-20)34(24)33-29(51)17-23(56-2)18-30(33)57-3/h4-12,14-18,25-27,32,34,51H,13,19H2,1-3H3. The summed E-state index contributed by atoms with van der Waals surface area (Å²) in [7, 11) is 4.02. The number of imide groups is 2. The Morgan fingerprint density at radius 3 is 2.30 bits per heavy atom. The van der Waals surface area contributed by atoms with Crippen LogP contribution in [0.5, 0.6) is 17.2 Å². The highest BCUT2D eigenvalue weighted by atomic mass is 35.5. The quantitative estimate of drug-likeness (QED) is 0.150. The Morgan fingerprint density at radius 1 is 0.895 bits per heavy atom. The van der Waals surface area contributed by atoms with Crippen LogP contribution < -0.4 is 19.4 Å². The number of aromatic nitrogens is 1. The number of anilines is 2. The largest absolute Gasteiger partial charge is 0.507 e. The number of carbonyl (C=O) groups excluding carboxylic acids is 4. The van der Waals surface area contributed by atoms with Crippen molar-refractivity contribution >= 4 is 58.3 Å². The number of aromatic hydroxyl groups is 1. The van der Waals surface area contributed by atoms with E-state index in [9.17, 15) is 27.9 Å². The molecule has 6 unspecified atom stereocenters. The molecule has 57 heavy (non-hydrogen) atoms. The maximum absolute atomic E-state index is 15.5. The van der Waals surface area contributed by atoms with E-state index in [1.54, 1.807) is 60.7 Å². The van der Waals surface area contributed by atoms with E-state index in [-0.39, 0.29) is 51.4 Å². The van der Waals surface area contributed by atoms with Gasteiger partial charge in [-0.05, 0) is 54.7 Å². The smallest absolute Gasteiger partial charge is 0.433 e. The van der Waals surface area contributed by atoms with E-state index in [0.717, 1.165) is 21.0 Å². The summed E-state index contributed by atoms with van der Waals surface area (Å²) in [5, 5.41) is 13.6. The predicted octanol–water partition coefficient (Wildman–Crippen LogP) is 7.34. The molecule has 0 radical (unpaired) electrons. The van der Waals surface area contributed by atoms with E-state index in [1.807, 2.05) is 0 Å². The third-order valence-corrected chi connectivity index (χ3v) is 12.2. The zero-order valence-electron chi connectivity index (χ0n) is 30.5. The topological polar surface area (TPSA) is 130 Å². The molecule has 0 spiro atoms. The SMILES string of the molecule is COc1cc(O)c(C2C3=CCC4C(=O)N(N(C)c5nc(C(F)(F)F)ccc5Cl)C(=O)C4C3CC3C(=O)N(c4cccc(Cl)c4)C(=O)C32c2ccccc2)c(OC)c1. The Morgan fingerprint density at radius 2 is 1.63 bits per heavy atom. The molecule has 0 bridgehead atoms. The molecule has 16 heteroatoms. The van der Waals surface area contributed by atoms with Crippen molar-refractivity contribution in [3.63, 3.8) is 0 Å². The number of phenolic OH excluding ortho intramolecular Hbond substituents is 1. The first-order valence-electron chi connectivity index (χ1n) is 17.8. The fraction of sp³-hybridized carbons (Fsp3) is 0.293. The van der Waals surface area contributed by atoms with Gasteiger partial charge in [-0.25, -0.2) is 9.88 Å². The zero-order chi connectivity index (χ0) is 40.7. The highest BCUT2D eigenvalue weighted by Gasteiger charge is 2.71. The van der Waals surface area contributed by atoms with Gasteiger partial charge in [0.1, 0.15) is 22.9 Å². The fourth-order valence-electron chi connectivity index (χ4n) is 9.41. The van der Waals surface area contributed by atoms with E-state index >= 15 is 9.59 Å². The molecule has 11 nitrogen and oxygen atoms in total. The lowest BCUT2D eigenvalue weighted by atomic mass is 9.49. The summed E-state index contributed by atoms with van der Waals surface area (Å²) in [4.78, 5) is 64.2. The maximum Gasteiger partial charge on any atom is 0.433 e. The average Bonchev–Trinajstić information content (AvgIpc) is 3.58. The molecule has 1 saturated carbocycles. The number of hydrogen-bond donors (Lipinski definition) is 1. The van der Waals surface area contributed by atoms with Gasteiger partial charge in [-0.3, -0.25) is 24.2 Å². The van der Waals surface area contributed by atoms with Crippen LogP contribution in [0.3, 0.4) is 0 Å². The van der Waals surface area contributed by atoms with Crippen LogP contribution in [0.1, 0.15) is 35.6 Å². The first kappa shape index (κ1) is 38.3. The Hall–Kier alpha value is -5.60. The number of hydrogen-bond acceptors (Lipinski definition) is 9. The summed E-state index contributed by atoms with van der Waals surface area (Å²) >= 11 is 12.7. The summed E-state index contributed by atoms with van der Waals surface area (Å²) in [6, 6.07) is 19.6. The average molecular weight is 822 g/mol. The van der Waals surface area contributed by atoms with Crippen LogP contribution in [0.4, 0.5) is 24.7 Å². The highest BCUT2D eigenvalue weighted by molar-refractivity contribution is 6.33. The van der Waals surface area contributed by atoms with Crippen LogP contribution >= 0.6 is 23.2 Å². The van der Waals surface area contributed by atoms with Crippen molar-refractivity contribution in [2.24, 2.45) is 23.7 Å². The number of methoxy groups -OCH3 is 2. The molecule has 2 aliphatic heterocycles. The van der Waals surface area contributed by atoms with Crippen LogP contribution in [-0.4, -0.2) is 60.0 Å². The molecule has 3 fully saturated rings. The summed E-state index contributed by atoms with van der Waals surface area (Å²) in [6.45, 7) is 0. The van der Waals surface area contributed by atoms with Gasteiger partial charge in [0.15, 0.2) is 5.82 Å². The number of amides is 4. The Labute approximate surface area is 334 Å². The number of nitrogens with zero attached hydrogens (tertiary/aromatic N) is 4. The van der Waals surface area contributed by atoms with E-state index in [0.29, 0.717) is 17.2 Å². The fourth-order valence-corrected chi connectivity index (χ4v) is 9.82. The summed E-state index contributed by atoms with van der Waals surface area (Å²) < 4.78 is 52.5. The van der Waals surface area contributed by atoms with Crippen molar-refractivity contribution in [3.8, 4) is 17.2 Å². The van der Waals surface area contributed by atoms with Gasteiger partial charge in [0.2, 0.25) is 11.8 Å². The number of carbonyl (C=O) groups is 4. The number of fused-ring (bicyclic) bond motifs is 4. The lowest BCUT2D eigenvalue weighted by Gasteiger charge is -2.51. The van der Waals surface area contributed by atoms with Gasteiger partial charge in [0.25, 0.3) is 11.8 Å². The van der Waals surface area contributed by atoms with E-state index in [2.05, 4.69) is 4.98 Å². The number of alkyl halides is 3. The van der Waals surface area contributed by atoms with E-state index in [4.69, 9.17) is 32.7 Å². The van der Waals surface area contributed by atoms with Gasteiger partial charge in [0, 0.05) is 35.7 Å². The lowest BCUT2D eigenvalue weighted by Crippen LogP contribution is -2.53. The molecule has 4 amide bonds. The Bertz CT molecular complexity index is 2400. The minimum atomic E-state index is -4.84. The molecule has 294 valence electrons. The van der Waals surface area contributed by atoms with Gasteiger partial charge in [-0.2, -0.15) is 18.2 Å².